The molecule has 8 heteroatoms. The minimum atomic E-state index is -0.323. The summed E-state index contributed by atoms with van der Waals surface area (Å²) in [4.78, 5) is 0. The third-order valence-corrected chi connectivity index (χ3v) is 5.96. The smallest absolute Gasteiger partial charge is 0.231 e. The van der Waals surface area contributed by atoms with Crippen LogP contribution >= 0.6 is 23.4 Å². The summed E-state index contributed by atoms with van der Waals surface area (Å²) in [5.41, 5.74) is 2.45. The lowest BCUT2D eigenvalue weighted by Gasteiger charge is -2.11. The van der Waals surface area contributed by atoms with E-state index in [1.54, 1.807) is 12.1 Å². The van der Waals surface area contributed by atoms with E-state index in [0.29, 0.717) is 38.8 Å². The van der Waals surface area contributed by atoms with Crippen molar-refractivity contribution >= 4 is 23.4 Å². The van der Waals surface area contributed by atoms with E-state index in [9.17, 15) is 4.39 Å². The van der Waals surface area contributed by atoms with Crippen molar-refractivity contribution in [2.75, 3.05) is 6.79 Å². The van der Waals surface area contributed by atoms with E-state index in [1.807, 2.05) is 47.0 Å². The zero-order chi connectivity index (χ0) is 20.5. The Morgan fingerprint density at radius 2 is 1.77 bits per heavy atom. The lowest BCUT2D eigenvalue weighted by molar-refractivity contribution is 0.174. The molecule has 5 rings (SSSR count). The second-order valence-corrected chi connectivity index (χ2v) is 7.92. The maximum Gasteiger partial charge on any atom is 0.231 e. The first-order valence-electron chi connectivity index (χ1n) is 9.16. The van der Waals surface area contributed by atoms with Crippen molar-refractivity contribution in [3.63, 3.8) is 0 Å². The number of nitrogens with zero attached hydrogens (tertiary/aromatic N) is 3. The zero-order valence-corrected chi connectivity index (χ0v) is 17.2. The predicted molar refractivity (Wildman–Crippen MR) is 114 cm³/mol. The first kappa shape index (κ1) is 19.0. The molecule has 4 aromatic rings. The molecule has 0 bridgehead atoms. The number of fused-ring (bicyclic) bond motifs is 1. The minimum absolute atomic E-state index is 0.196. The van der Waals surface area contributed by atoms with Gasteiger partial charge < -0.3 is 9.47 Å². The van der Waals surface area contributed by atoms with Gasteiger partial charge in [-0.2, -0.15) is 0 Å². The Morgan fingerprint density at radius 3 is 2.57 bits per heavy atom. The second kappa shape index (κ2) is 8.01. The predicted octanol–water partition coefficient (Wildman–Crippen LogP) is 5.75. The molecule has 5 nitrogen and oxygen atoms in total. The molecule has 0 unspecified atom stereocenters. The average molecular weight is 440 g/mol. The van der Waals surface area contributed by atoms with E-state index in [4.69, 9.17) is 21.1 Å². The van der Waals surface area contributed by atoms with Crippen LogP contribution in [0.25, 0.3) is 17.1 Å². The summed E-state index contributed by atoms with van der Waals surface area (Å²) in [6.45, 7) is 0.196. The summed E-state index contributed by atoms with van der Waals surface area (Å²) in [6, 6.07) is 19.7. The molecule has 0 radical (unpaired) electrons. The Bertz CT molecular complexity index is 1220. The van der Waals surface area contributed by atoms with Crippen LogP contribution in [0.2, 0.25) is 5.02 Å². The van der Waals surface area contributed by atoms with Crippen molar-refractivity contribution in [1.82, 2.24) is 14.8 Å². The summed E-state index contributed by atoms with van der Waals surface area (Å²) < 4.78 is 26.6. The Hall–Kier alpha value is -3.03. The van der Waals surface area contributed by atoms with Gasteiger partial charge in [-0.1, -0.05) is 53.7 Å². The molecule has 0 saturated heterocycles. The molecule has 0 spiro atoms. The normalized spacial score (nSPS) is 12.3. The van der Waals surface area contributed by atoms with Gasteiger partial charge >= 0.3 is 0 Å². The van der Waals surface area contributed by atoms with E-state index in [-0.39, 0.29) is 12.6 Å². The molecule has 2 heterocycles. The van der Waals surface area contributed by atoms with E-state index in [2.05, 4.69) is 10.2 Å². The van der Waals surface area contributed by atoms with Gasteiger partial charge in [0.1, 0.15) is 5.82 Å². The number of hydrogen-bond acceptors (Lipinski definition) is 5. The number of aromatic nitrogens is 3. The lowest BCUT2D eigenvalue weighted by Crippen LogP contribution is -2.00. The molecule has 150 valence electrons. The highest BCUT2D eigenvalue weighted by Crippen LogP contribution is 2.39. The van der Waals surface area contributed by atoms with Crippen LogP contribution in [-0.2, 0) is 5.75 Å². The van der Waals surface area contributed by atoms with E-state index >= 15 is 0 Å². The van der Waals surface area contributed by atoms with Crippen LogP contribution in [0.4, 0.5) is 4.39 Å². The van der Waals surface area contributed by atoms with Crippen molar-refractivity contribution in [2.24, 2.45) is 0 Å². The maximum atomic E-state index is 13.8. The second-order valence-electron chi connectivity index (χ2n) is 6.57. The first-order valence-corrected chi connectivity index (χ1v) is 10.5. The van der Waals surface area contributed by atoms with Gasteiger partial charge in [0.25, 0.3) is 0 Å². The van der Waals surface area contributed by atoms with Crippen LogP contribution in [0.3, 0.4) is 0 Å². The molecule has 0 fully saturated rings. The Labute approximate surface area is 181 Å². The fourth-order valence-electron chi connectivity index (χ4n) is 3.20. The van der Waals surface area contributed by atoms with Crippen molar-refractivity contribution in [3.05, 3.63) is 83.1 Å². The van der Waals surface area contributed by atoms with Gasteiger partial charge in [0.2, 0.25) is 6.79 Å². The van der Waals surface area contributed by atoms with Crippen LogP contribution in [-0.4, -0.2) is 21.6 Å². The highest BCUT2D eigenvalue weighted by Gasteiger charge is 2.19. The molecule has 1 aliphatic heterocycles. The first-order chi connectivity index (χ1) is 14.7. The van der Waals surface area contributed by atoms with Crippen molar-refractivity contribution in [2.45, 2.75) is 10.9 Å². The van der Waals surface area contributed by atoms with E-state index < -0.39 is 0 Å². The number of ether oxygens (including phenoxy) is 2. The van der Waals surface area contributed by atoms with Gasteiger partial charge in [0.15, 0.2) is 22.5 Å². The minimum Gasteiger partial charge on any atom is -0.454 e. The number of rotatable bonds is 5. The van der Waals surface area contributed by atoms with Gasteiger partial charge in [0, 0.05) is 28.1 Å². The summed E-state index contributed by atoms with van der Waals surface area (Å²) in [5, 5.41) is 9.99. The number of benzene rings is 3. The molecular weight excluding hydrogens is 425 g/mol. The molecule has 30 heavy (non-hydrogen) atoms. The maximum absolute atomic E-state index is 13.8. The van der Waals surface area contributed by atoms with E-state index in [0.717, 1.165) is 11.3 Å². The monoisotopic (exact) mass is 439 g/mol. The fourth-order valence-corrected chi connectivity index (χ4v) is 4.44. The van der Waals surface area contributed by atoms with Crippen LogP contribution < -0.4 is 9.47 Å². The SMILES string of the molecule is Fc1cccc(-c2nnc(SCc3cc4c(cc3Cl)OCO4)n2-c2ccccc2)c1. The van der Waals surface area contributed by atoms with Crippen LogP contribution in [0.5, 0.6) is 11.5 Å². The largest absolute Gasteiger partial charge is 0.454 e. The third kappa shape index (κ3) is 3.62. The highest BCUT2D eigenvalue weighted by molar-refractivity contribution is 7.98. The average Bonchev–Trinajstić information content (AvgIpc) is 3.39. The van der Waals surface area contributed by atoms with Crippen molar-refractivity contribution in [3.8, 4) is 28.6 Å². The third-order valence-electron chi connectivity index (χ3n) is 4.63. The van der Waals surface area contributed by atoms with Crippen LogP contribution in [0.1, 0.15) is 5.56 Å². The molecule has 1 aliphatic rings. The Balaban J connectivity index is 1.51. The number of para-hydroxylation sites is 1. The molecule has 0 amide bonds. The summed E-state index contributed by atoms with van der Waals surface area (Å²) >= 11 is 7.91. The van der Waals surface area contributed by atoms with Crippen molar-refractivity contribution in [1.29, 1.82) is 0 Å². The summed E-state index contributed by atoms with van der Waals surface area (Å²) in [5.74, 6) is 2.13. The molecule has 1 aromatic heterocycles. The van der Waals surface area contributed by atoms with Crippen LogP contribution in [0.15, 0.2) is 71.9 Å². The quantitative estimate of drug-likeness (QED) is 0.371. The zero-order valence-electron chi connectivity index (χ0n) is 15.6. The summed E-state index contributed by atoms with van der Waals surface area (Å²) in [7, 11) is 0. The molecule has 0 saturated carbocycles. The fraction of sp³-hybridized carbons (Fsp3) is 0.0909. The molecule has 0 atom stereocenters. The standard InChI is InChI=1S/C22H15ClFN3O2S/c23-18-11-20-19(28-13-29-20)10-15(18)12-30-22-26-25-21(14-5-4-6-16(24)9-14)27(22)17-7-2-1-3-8-17/h1-11H,12-13H2. The van der Waals surface area contributed by atoms with Gasteiger partial charge in [0.05, 0.1) is 0 Å². The number of thioether (sulfide) groups is 1. The lowest BCUT2D eigenvalue weighted by atomic mass is 10.2. The molecule has 0 aliphatic carbocycles. The van der Waals surface area contributed by atoms with Gasteiger partial charge in [-0.05, 0) is 35.9 Å². The Morgan fingerprint density at radius 1 is 0.967 bits per heavy atom. The van der Waals surface area contributed by atoms with Gasteiger partial charge in [-0.15, -0.1) is 10.2 Å². The highest BCUT2D eigenvalue weighted by atomic mass is 35.5. The number of halogens is 2. The van der Waals surface area contributed by atoms with Crippen molar-refractivity contribution < 1.29 is 13.9 Å². The van der Waals surface area contributed by atoms with Gasteiger partial charge in [-0.25, -0.2) is 4.39 Å². The molecule has 0 N–H and O–H groups in total. The summed E-state index contributed by atoms with van der Waals surface area (Å²) in [6.07, 6.45) is 0. The Kier molecular flexibility index (Phi) is 5.06. The number of hydrogen-bond donors (Lipinski definition) is 0. The van der Waals surface area contributed by atoms with E-state index in [1.165, 1.54) is 23.9 Å². The van der Waals surface area contributed by atoms with Crippen LogP contribution in [0, 0.1) is 5.82 Å². The molecular formula is C22H15ClFN3O2S. The topological polar surface area (TPSA) is 49.2 Å². The molecule has 3 aromatic carbocycles. The van der Waals surface area contributed by atoms with Gasteiger partial charge in [-0.3, -0.25) is 4.57 Å².